The molecule has 2 amide bonds. The summed E-state index contributed by atoms with van der Waals surface area (Å²) in [6.45, 7) is 4.31. The van der Waals surface area contributed by atoms with E-state index in [4.69, 9.17) is 14.6 Å². The van der Waals surface area contributed by atoms with Gasteiger partial charge in [-0.25, -0.2) is 22.6 Å². The maximum Gasteiger partial charge on any atom is 0.328 e. The number of hydrogen-bond donors (Lipinski definition) is 2. The zero-order valence-corrected chi connectivity index (χ0v) is 22.5. The van der Waals surface area contributed by atoms with E-state index in [1.54, 1.807) is 0 Å². The van der Waals surface area contributed by atoms with E-state index in [-0.39, 0.29) is 17.2 Å². The van der Waals surface area contributed by atoms with Crippen molar-refractivity contribution in [1.82, 2.24) is 19.8 Å². The number of rotatable bonds is 9. The summed E-state index contributed by atoms with van der Waals surface area (Å²) in [6.07, 6.45) is 0.524. The van der Waals surface area contributed by atoms with Crippen molar-refractivity contribution in [3.05, 3.63) is 89.7 Å². The maximum absolute atomic E-state index is 12.6. The Hall–Kier alpha value is -4.31. The molecule has 0 unspecified atom stereocenters. The van der Waals surface area contributed by atoms with E-state index in [9.17, 15) is 13.2 Å². The van der Waals surface area contributed by atoms with Gasteiger partial charge in [0.25, 0.3) is 10.0 Å². The number of aryl methyl sites for hydroxylation is 1. The number of urea groups is 1. The van der Waals surface area contributed by atoms with Crippen molar-refractivity contribution in [3.63, 3.8) is 0 Å². The summed E-state index contributed by atoms with van der Waals surface area (Å²) in [6, 6.07) is 21.3. The minimum absolute atomic E-state index is 0.111. The Morgan fingerprint density at radius 3 is 2.26 bits per heavy atom. The summed E-state index contributed by atoms with van der Waals surface area (Å²) in [5.74, 6) is 0.632. The van der Waals surface area contributed by atoms with Gasteiger partial charge in [-0.1, -0.05) is 42.5 Å². The molecule has 0 saturated carbocycles. The molecular weight excluding hydrogens is 504 g/mol. The van der Waals surface area contributed by atoms with Crippen molar-refractivity contribution in [1.29, 1.82) is 0 Å². The summed E-state index contributed by atoms with van der Waals surface area (Å²) in [5, 5.41) is 7.32. The minimum atomic E-state index is -4.08. The van der Waals surface area contributed by atoms with Crippen LogP contribution in [0, 0.1) is 13.8 Å². The monoisotopic (exact) mass is 534 g/mol. The molecule has 0 radical (unpaired) electrons. The largest absolute Gasteiger partial charge is 0.493 e. The van der Waals surface area contributed by atoms with Crippen LogP contribution in [0.4, 0.5) is 4.79 Å². The highest BCUT2D eigenvalue weighted by molar-refractivity contribution is 7.90. The number of amides is 2. The lowest BCUT2D eigenvalue weighted by atomic mass is 10.0. The van der Waals surface area contributed by atoms with E-state index in [0.29, 0.717) is 12.2 Å². The van der Waals surface area contributed by atoms with Crippen LogP contribution in [0.25, 0.3) is 16.8 Å². The first-order valence-corrected chi connectivity index (χ1v) is 13.5. The van der Waals surface area contributed by atoms with E-state index in [1.165, 1.54) is 32.4 Å². The van der Waals surface area contributed by atoms with Gasteiger partial charge in [-0.05, 0) is 55.7 Å². The number of nitrogens with zero attached hydrogens (tertiary/aromatic N) is 2. The molecule has 0 fully saturated rings. The molecule has 0 aliphatic rings. The van der Waals surface area contributed by atoms with Gasteiger partial charge in [0.1, 0.15) is 0 Å². The number of sulfonamides is 1. The van der Waals surface area contributed by atoms with Crippen LogP contribution in [0.15, 0.2) is 77.7 Å². The lowest BCUT2D eigenvalue weighted by Crippen LogP contribution is -2.40. The first-order valence-electron chi connectivity index (χ1n) is 12.0. The molecule has 38 heavy (non-hydrogen) atoms. The van der Waals surface area contributed by atoms with Crippen molar-refractivity contribution >= 4 is 16.1 Å². The van der Waals surface area contributed by atoms with Crippen LogP contribution in [-0.4, -0.2) is 45.0 Å². The summed E-state index contributed by atoms with van der Waals surface area (Å²) < 4.78 is 39.4. The fourth-order valence-corrected chi connectivity index (χ4v) is 5.19. The molecule has 0 aliphatic carbocycles. The molecular formula is C28H30N4O5S. The Labute approximate surface area is 222 Å². The van der Waals surface area contributed by atoms with Crippen LogP contribution in [0.1, 0.15) is 17.0 Å². The number of ether oxygens (including phenoxy) is 2. The van der Waals surface area contributed by atoms with Crippen molar-refractivity contribution in [2.24, 2.45) is 0 Å². The number of benzene rings is 3. The fraction of sp³-hybridized carbons (Fsp3) is 0.214. The quantitative estimate of drug-likeness (QED) is 0.329. The highest BCUT2D eigenvalue weighted by Gasteiger charge is 2.20. The van der Waals surface area contributed by atoms with Gasteiger partial charge in [0.05, 0.1) is 30.5 Å². The Morgan fingerprint density at radius 2 is 1.61 bits per heavy atom. The van der Waals surface area contributed by atoms with E-state index >= 15 is 0 Å². The summed E-state index contributed by atoms with van der Waals surface area (Å²) in [5.41, 5.74) is 6.17. The minimum Gasteiger partial charge on any atom is -0.493 e. The molecule has 198 valence electrons. The number of carbonyl (C=O) groups is 1. The highest BCUT2D eigenvalue weighted by Crippen LogP contribution is 2.30. The van der Waals surface area contributed by atoms with Crippen molar-refractivity contribution < 1.29 is 22.7 Å². The van der Waals surface area contributed by atoms with Gasteiger partial charge in [0.15, 0.2) is 11.5 Å². The molecule has 4 rings (SSSR count). The first kappa shape index (κ1) is 26.7. The zero-order chi connectivity index (χ0) is 27.3. The number of nitrogens with one attached hydrogen (secondary N) is 2. The smallest absolute Gasteiger partial charge is 0.328 e. The van der Waals surface area contributed by atoms with Crippen LogP contribution in [-0.2, 0) is 16.4 Å². The molecule has 0 spiro atoms. The second kappa shape index (κ2) is 11.4. The molecule has 0 bridgehead atoms. The first-order chi connectivity index (χ1) is 18.2. The molecule has 1 aromatic heterocycles. The normalized spacial score (nSPS) is 11.2. The predicted octanol–water partition coefficient (Wildman–Crippen LogP) is 4.40. The van der Waals surface area contributed by atoms with Gasteiger partial charge < -0.3 is 14.8 Å². The topological polar surface area (TPSA) is 112 Å². The van der Waals surface area contributed by atoms with Crippen LogP contribution < -0.4 is 19.5 Å². The molecule has 0 saturated heterocycles. The van der Waals surface area contributed by atoms with E-state index in [0.717, 1.165) is 33.8 Å². The van der Waals surface area contributed by atoms with Crippen LogP contribution >= 0.6 is 0 Å². The third kappa shape index (κ3) is 5.81. The lowest BCUT2D eigenvalue weighted by Gasteiger charge is -2.12. The molecule has 0 aliphatic heterocycles. The summed E-state index contributed by atoms with van der Waals surface area (Å²) in [7, 11) is -1.23. The Bertz CT molecular complexity index is 1530. The number of methoxy groups -OCH3 is 2. The molecule has 3 aromatic carbocycles. The van der Waals surface area contributed by atoms with Gasteiger partial charge >= 0.3 is 6.03 Å². The SMILES string of the molecule is COc1ccc(S(=O)(=O)NC(=O)NCCc2ccc(-n3nc(C)c(-c4ccccc4)c3C)cc2)cc1OC. The number of carbonyl (C=O) groups excluding carboxylic acids is 1. The van der Waals surface area contributed by atoms with Gasteiger partial charge in [0, 0.05) is 23.9 Å². The molecule has 0 atom stereocenters. The van der Waals surface area contributed by atoms with Gasteiger partial charge in [-0.3, -0.25) is 0 Å². The third-order valence-electron chi connectivity index (χ3n) is 6.13. The van der Waals surface area contributed by atoms with E-state index in [2.05, 4.69) is 24.4 Å². The lowest BCUT2D eigenvalue weighted by molar-refractivity contribution is 0.246. The molecule has 2 N–H and O–H groups in total. The van der Waals surface area contributed by atoms with Crippen molar-refractivity contribution in [3.8, 4) is 28.3 Å². The van der Waals surface area contributed by atoms with Crippen LogP contribution in [0.3, 0.4) is 0 Å². The van der Waals surface area contributed by atoms with Crippen molar-refractivity contribution in [2.45, 2.75) is 25.2 Å². The van der Waals surface area contributed by atoms with E-state index in [1.807, 2.05) is 58.8 Å². The van der Waals surface area contributed by atoms with Crippen molar-refractivity contribution in [2.75, 3.05) is 20.8 Å². The zero-order valence-electron chi connectivity index (χ0n) is 21.7. The number of aromatic nitrogens is 2. The summed E-state index contributed by atoms with van der Waals surface area (Å²) >= 11 is 0. The van der Waals surface area contributed by atoms with Gasteiger partial charge in [-0.15, -0.1) is 0 Å². The van der Waals surface area contributed by atoms with Gasteiger partial charge in [-0.2, -0.15) is 5.10 Å². The molecule has 10 heteroatoms. The Morgan fingerprint density at radius 1 is 0.921 bits per heavy atom. The molecule has 9 nitrogen and oxygen atoms in total. The Balaban J connectivity index is 1.35. The number of hydrogen-bond acceptors (Lipinski definition) is 6. The second-order valence-corrected chi connectivity index (χ2v) is 10.3. The van der Waals surface area contributed by atoms with Gasteiger partial charge in [0.2, 0.25) is 0 Å². The fourth-order valence-electron chi connectivity index (χ4n) is 4.24. The predicted molar refractivity (Wildman–Crippen MR) is 145 cm³/mol. The Kier molecular flexibility index (Phi) is 8.02. The third-order valence-corrected chi connectivity index (χ3v) is 7.45. The van der Waals surface area contributed by atoms with Crippen LogP contribution in [0.2, 0.25) is 0 Å². The highest BCUT2D eigenvalue weighted by atomic mass is 32.2. The maximum atomic E-state index is 12.6. The second-order valence-electron chi connectivity index (χ2n) is 8.62. The van der Waals surface area contributed by atoms with Crippen LogP contribution in [0.5, 0.6) is 11.5 Å². The standard InChI is InChI=1S/C28H30N4O5S/c1-19-27(22-8-6-5-7-9-22)20(2)32(30-19)23-12-10-21(11-13-23)16-17-29-28(33)31-38(34,35)24-14-15-25(36-3)26(18-24)37-4/h5-15,18H,16-17H2,1-4H3,(H2,29,31,33). The summed E-state index contributed by atoms with van der Waals surface area (Å²) in [4.78, 5) is 12.1. The molecule has 1 heterocycles. The average molecular weight is 535 g/mol. The van der Waals surface area contributed by atoms with E-state index < -0.39 is 16.1 Å². The molecule has 4 aromatic rings. The average Bonchev–Trinajstić information content (AvgIpc) is 3.22.